The first-order valence-electron chi connectivity index (χ1n) is 6.86. The molecular weight excluding hydrogens is 308 g/mol. The molecule has 21 heavy (non-hydrogen) atoms. The molecule has 1 unspecified atom stereocenters. The lowest BCUT2D eigenvalue weighted by molar-refractivity contribution is 0.549. The molecule has 0 radical (unpaired) electrons. The second-order valence-electron chi connectivity index (χ2n) is 4.59. The Labute approximate surface area is 129 Å². The molecule has 6 nitrogen and oxygen atoms in total. The first-order chi connectivity index (χ1) is 10.1. The van der Waals surface area contributed by atoms with Gasteiger partial charge in [-0.25, -0.2) is 18.1 Å². The van der Waals surface area contributed by atoms with Crippen molar-refractivity contribution in [2.24, 2.45) is 0 Å². The van der Waals surface area contributed by atoms with Gasteiger partial charge in [0.25, 0.3) is 0 Å². The number of thiazole rings is 1. The molecule has 2 heterocycles. The van der Waals surface area contributed by atoms with E-state index in [0.717, 1.165) is 17.2 Å². The minimum atomic E-state index is -3.54. The van der Waals surface area contributed by atoms with Crippen molar-refractivity contribution >= 4 is 21.4 Å². The van der Waals surface area contributed by atoms with Gasteiger partial charge in [-0.15, -0.1) is 11.3 Å². The zero-order valence-electron chi connectivity index (χ0n) is 12.1. The highest BCUT2D eigenvalue weighted by atomic mass is 32.2. The normalized spacial score (nSPS) is 13.4. The first kappa shape index (κ1) is 16.2. The molecular formula is C13H20N4O2S2. The van der Waals surface area contributed by atoms with Crippen LogP contribution in [0, 0.1) is 0 Å². The van der Waals surface area contributed by atoms with Gasteiger partial charge in [-0.2, -0.15) is 0 Å². The molecule has 0 fully saturated rings. The fourth-order valence-electron chi connectivity index (χ4n) is 1.91. The highest BCUT2D eigenvalue weighted by molar-refractivity contribution is 7.89. The van der Waals surface area contributed by atoms with Crippen LogP contribution in [0.3, 0.4) is 0 Å². The smallest absolute Gasteiger partial charge is 0.242 e. The molecule has 2 rings (SSSR count). The fourth-order valence-corrected chi connectivity index (χ4v) is 4.05. The van der Waals surface area contributed by atoms with E-state index < -0.39 is 10.0 Å². The Morgan fingerprint density at radius 1 is 1.43 bits per heavy atom. The zero-order valence-corrected chi connectivity index (χ0v) is 13.7. The molecule has 0 aliphatic rings. The first-order valence-corrected chi connectivity index (χ1v) is 9.22. The van der Waals surface area contributed by atoms with Crippen LogP contribution in [-0.4, -0.2) is 24.9 Å². The van der Waals surface area contributed by atoms with Crippen molar-refractivity contribution in [2.75, 3.05) is 6.54 Å². The lowest BCUT2D eigenvalue weighted by Gasteiger charge is -2.13. The van der Waals surface area contributed by atoms with Crippen LogP contribution in [0.2, 0.25) is 0 Å². The largest absolute Gasteiger partial charge is 0.363 e. The third-order valence-electron chi connectivity index (χ3n) is 3.05. The predicted molar refractivity (Wildman–Crippen MR) is 83.6 cm³/mol. The molecule has 2 aromatic heterocycles. The Morgan fingerprint density at radius 3 is 2.86 bits per heavy atom. The van der Waals surface area contributed by atoms with Gasteiger partial charge in [0.05, 0.1) is 10.9 Å². The van der Waals surface area contributed by atoms with E-state index in [9.17, 15) is 8.42 Å². The topological polar surface area (TPSA) is 86.9 Å². The van der Waals surface area contributed by atoms with Crippen molar-refractivity contribution in [3.05, 3.63) is 34.5 Å². The third kappa shape index (κ3) is 4.13. The van der Waals surface area contributed by atoms with E-state index >= 15 is 0 Å². The maximum atomic E-state index is 12.4. The number of aromatic nitrogens is 2. The molecule has 0 aromatic carbocycles. The Bertz CT molecular complexity index is 650. The summed E-state index contributed by atoms with van der Waals surface area (Å²) in [6.07, 6.45) is 3.85. The second-order valence-corrected chi connectivity index (χ2v) is 7.23. The summed E-state index contributed by atoms with van der Waals surface area (Å²) < 4.78 is 27.5. The summed E-state index contributed by atoms with van der Waals surface area (Å²) in [6, 6.07) is 1.36. The van der Waals surface area contributed by atoms with E-state index in [-0.39, 0.29) is 10.9 Å². The highest BCUT2D eigenvalue weighted by Crippen LogP contribution is 2.22. The lowest BCUT2D eigenvalue weighted by atomic mass is 10.3. The second kappa shape index (κ2) is 7.17. The van der Waals surface area contributed by atoms with Crippen LogP contribution < -0.4 is 10.0 Å². The van der Waals surface area contributed by atoms with Gasteiger partial charge >= 0.3 is 0 Å². The Morgan fingerprint density at radius 2 is 2.24 bits per heavy atom. The van der Waals surface area contributed by atoms with Crippen LogP contribution in [0.4, 0.5) is 0 Å². The Kier molecular flexibility index (Phi) is 5.51. The predicted octanol–water partition coefficient (Wildman–Crippen LogP) is 2.01. The standard InChI is InChI=1S/C13H20N4O2S2/c1-3-12(13-15-5-6-20-13)17-21(18,19)11-7-10(16-9-11)8-14-4-2/h5-7,9,12,14,16-17H,3-4,8H2,1-2H3. The molecule has 2 aromatic rings. The Balaban J connectivity index is 2.12. The van der Waals surface area contributed by atoms with E-state index in [1.807, 2.05) is 19.2 Å². The number of nitrogens with zero attached hydrogens (tertiary/aromatic N) is 1. The number of aromatic amines is 1. The molecule has 0 saturated carbocycles. The minimum Gasteiger partial charge on any atom is -0.363 e. The van der Waals surface area contributed by atoms with Crippen molar-refractivity contribution in [2.45, 2.75) is 37.8 Å². The van der Waals surface area contributed by atoms with Gasteiger partial charge in [-0.05, 0) is 19.0 Å². The van der Waals surface area contributed by atoms with Gasteiger partial charge in [0.2, 0.25) is 10.0 Å². The van der Waals surface area contributed by atoms with Crippen LogP contribution >= 0.6 is 11.3 Å². The maximum absolute atomic E-state index is 12.4. The quantitative estimate of drug-likeness (QED) is 0.692. The van der Waals surface area contributed by atoms with E-state index in [2.05, 4.69) is 20.0 Å². The van der Waals surface area contributed by atoms with Crippen LogP contribution in [0.15, 0.2) is 28.7 Å². The van der Waals surface area contributed by atoms with E-state index in [1.165, 1.54) is 17.5 Å². The summed E-state index contributed by atoms with van der Waals surface area (Å²) in [6.45, 7) is 5.39. The van der Waals surface area contributed by atoms with Gasteiger partial charge in [0.1, 0.15) is 5.01 Å². The summed E-state index contributed by atoms with van der Waals surface area (Å²) in [5.41, 5.74) is 0.847. The van der Waals surface area contributed by atoms with Crippen LogP contribution in [0.5, 0.6) is 0 Å². The summed E-state index contributed by atoms with van der Waals surface area (Å²) in [5, 5.41) is 5.78. The molecule has 0 saturated heterocycles. The van der Waals surface area contributed by atoms with E-state index in [1.54, 1.807) is 12.3 Å². The number of rotatable bonds is 8. The van der Waals surface area contributed by atoms with Crippen LogP contribution in [0.25, 0.3) is 0 Å². The van der Waals surface area contributed by atoms with Crippen molar-refractivity contribution in [3.63, 3.8) is 0 Å². The number of H-pyrrole nitrogens is 1. The lowest BCUT2D eigenvalue weighted by Crippen LogP contribution is -2.28. The molecule has 0 bridgehead atoms. The average Bonchev–Trinajstić information content (AvgIpc) is 3.13. The van der Waals surface area contributed by atoms with Gasteiger partial charge in [0, 0.05) is 30.0 Å². The van der Waals surface area contributed by atoms with Crippen molar-refractivity contribution < 1.29 is 8.42 Å². The zero-order chi connectivity index (χ0) is 15.3. The number of hydrogen-bond donors (Lipinski definition) is 3. The summed E-state index contributed by atoms with van der Waals surface area (Å²) in [4.78, 5) is 7.42. The summed E-state index contributed by atoms with van der Waals surface area (Å²) in [5.74, 6) is 0. The van der Waals surface area contributed by atoms with Gasteiger partial charge < -0.3 is 10.3 Å². The van der Waals surface area contributed by atoms with Crippen molar-refractivity contribution in [3.8, 4) is 0 Å². The Hall–Kier alpha value is -1.22. The summed E-state index contributed by atoms with van der Waals surface area (Å²) in [7, 11) is -3.54. The van der Waals surface area contributed by atoms with Gasteiger partial charge in [0.15, 0.2) is 0 Å². The van der Waals surface area contributed by atoms with Gasteiger partial charge in [-0.3, -0.25) is 0 Å². The molecule has 116 valence electrons. The molecule has 8 heteroatoms. The monoisotopic (exact) mass is 328 g/mol. The van der Waals surface area contributed by atoms with Gasteiger partial charge in [-0.1, -0.05) is 13.8 Å². The molecule has 0 aliphatic carbocycles. The molecule has 0 amide bonds. The highest BCUT2D eigenvalue weighted by Gasteiger charge is 2.22. The van der Waals surface area contributed by atoms with Crippen molar-refractivity contribution in [1.82, 2.24) is 20.0 Å². The molecule has 3 N–H and O–H groups in total. The minimum absolute atomic E-state index is 0.255. The maximum Gasteiger partial charge on any atom is 0.242 e. The van der Waals surface area contributed by atoms with E-state index in [4.69, 9.17) is 0 Å². The van der Waals surface area contributed by atoms with Crippen LogP contribution in [0.1, 0.15) is 37.0 Å². The number of hydrogen-bond acceptors (Lipinski definition) is 5. The number of sulfonamides is 1. The van der Waals surface area contributed by atoms with E-state index in [0.29, 0.717) is 13.0 Å². The van der Waals surface area contributed by atoms with Crippen molar-refractivity contribution in [1.29, 1.82) is 0 Å². The SMILES string of the molecule is CCNCc1cc(S(=O)(=O)NC(CC)c2nccs2)c[nH]1. The molecule has 1 atom stereocenters. The molecule has 0 aliphatic heterocycles. The third-order valence-corrected chi connectivity index (χ3v) is 5.39. The summed E-state index contributed by atoms with van der Waals surface area (Å²) >= 11 is 1.45. The van der Waals surface area contributed by atoms with Crippen LogP contribution in [-0.2, 0) is 16.6 Å². The molecule has 0 spiro atoms. The number of nitrogens with one attached hydrogen (secondary N) is 3. The fraction of sp³-hybridized carbons (Fsp3) is 0.462. The average molecular weight is 328 g/mol.